The average molecular weight is 1160 g/mol. The SMILES string of the molecule is CCCCCCCCCCCCCC/C=C/C(O)C(CO)NC(=O)CCCCCCCCCCCCCCCCCCC/C=C\CCCCCCCCCCCCCCCCCCCCOC(=O)CCCCCCCCCCCCCC. The Morgan fingerprint density at radius 1 is 0.329 bits per heavy atom. The van der Waals surface area contributed by atoms with Gasteiger partial charge in [-0.1, -0.05) is 378 Å². The molecular formula is C76H147NO5. The molecule has 0 aliphatic heterocycles. The highest BCUT2D eigenvalue weighted by molar-refractivity contribution is 5.76. The number of aliphatic hydroxyl groups is 2. The highest BCUT2D eigenvalue weighted by Crippen LogP contribution is 2.19. The van der Waals surface area contributed by atoms with E-state index >= 15 is 0 Å². The van der Waals surface area contributed by atoms with Crippen molar-refractivity contribution in [2.24, 2.45) is 0 Å². The van der Waals surface area contributed by atoms with Crippen LogP contribution in [0.4, 0.5) is 0 Å². The molecule has 6 nitrogen and oxygen atoms in total. The van der Waals surface area contributed by atoms with E-state index in [1.165, 1.54) is 360 Å². The molecule has 0 aromatic carbocycles. The van der Waals surface area contributed by atoms with Crippen LogP contribution >= 0.6 is 0 Å². The van der Waals surface area contributed by atoms with Gasteiger partial charge in [-0.05, 0) is 57.8 Å². The monoisotopic (exact) mass is 1150 g/mol. The Bertz CT molecular complexity index is 1280. The predicted octanol–water partition coefficient (Wildman–Crippen LogP) is 24.5. The van der Waals surface area contributed by atoms with Gasteiger partial charge in [0.25, 0.3) is 0 Å². The van der Waals surface area contributed by atoms with Gasteiger partial charge in [0.2, 0.25) is 5.91 Å². The Morgan fingerprint density at radius 3 is 0.866 bits per heavy atom. The highest BCUT2D eigenvalue weighted by atomic mass is 16.5. The lowest BCUT2D eigenvalue weighted by atomic mass is 10.0. The second kappa shape index (κ2) is 71.8. The number of carbonyl (C=O) groups is 2. The van der Waals surface area contributed by atoms with Crippen molar-refractivity contribution in [1.82, 2.24) is 5.32 Å². The smallest absolute Gasteiger partial charge is 0.305 e. The molecule has 0 aliphatic carbocycles. The van der Waals surface area contributed by atoms with E-state index in [9.17, 15) is 19.8 Å². The molecule has 1 amide bonds. The van der Waals surface area contributed by atoms with E-state index in [4.69, 9.17) is 4.74 Å². The molecule has 0 spiro atoms. The number of hydrogen-bond donors (Lipinski definition) is 3. The van der Waals surface area contributed by atoms with Crippen LogP contribution in [0.2, 0.25) is 0 Å². The topological polar surface area (TPSA) is 95.9 Å². The predicted molar refractivity (Wildman–Crippen MR) is 361 cm³/mol. The summed E-state index contributed by atoms with van der Waals surface area (Å²) in [5.74, 6) is -0.0376. The molecule has 0 rings (SSSR count). The number of allylic oxidation sites excluding steroid dienone is 3. The molecule has 0 saturated carbocycles. The van der Waals surface area contributed by atoms with Crippen LogP contribution in [0.3, 0.4) is 0 Å². The van der Waals surface area contributed by atoms with Crippen molar-refractivity contribution in [2.75, 3.05) is 13.2 Å². The summed E-state index contributed by atoms with van der Waals surface area (Å²) in [6, 6.07) is -0.624. The summed E-state index contributed by atoms with van der Waals surface area (Å²) in [6.07, 6.45) is 91.6. The standard InChI is InChI=1S/C76H147NO5/c1-3-5-7-9-11-13-15-17-45-48-52-56-60-64-68-74(79)73(72-78)77-75(80)69-65-61-57-53-49-46-43-41-39-37-35-33-31-29-27-25-23-21-19-18-20-22-24-26-28-30-32-34-36-38-40-42-44-47-51-55-59-63-67-71-82-76(81)70-66-62-58-54-50-16-14-12-10-8-6-4-2/h18-19,64,68,73-74,78-79H,3-17,20-63,65-67,69-72H2,1-2H3,(H,77,80)/b19-18-,68-64+. The van der Waals surface area contributed by atoms with E-state index < -0.39 is 12.1 Å². The molecule has 0 saturated heterocycles. The van der Waals surface area contributed by atoms with Crippen LogP contribution in [0.15, 0.2) is 24.3 Å². The van der Waals surface area contributed by atoms with Crippen LogP contribution in [0, 0.1) is 0 Å². The fourth-order valence-corrected chi connectivity index (χ4v) is 12.0. The molecule has 0 fully saturated rings. The molecule has 0 aromatic rings. The number of amides is 1. The molecular weight excluding hydrogens is 1010 g/mol. The number of aliphatic hydroxyl groups excluding tert-OH is 2. The third-order valence-electron chi connectivity index (χ3n) is 17.7. The van der Waals surface area contributed by atoms with Crippen LogP contribution in [0.25, 0.3) is 0 Å². The van der Waals surface area contributed by atoms with Gasteiger partial charge in [0, 0.05) is 12.8 Å². The van der Waals surface area contributed by atoms with Crippen LogP contribution < -0.4 is 5.32 Å². The van der Waals surface area contributed by atoms with Gasteiger partial charge in [-0.15, -0.1) is 0 Å². The molecule has 0 aromatic heterocycles. The minimum atomic E-state index is -0.840. The van der Waals surface area contributed by atoms with E-state index in [1.807, 2.05) is 6.08 Å². The number of esters is 1. The first-order chi connectivity index (χ1) is 40.5. The third-order valence-corrected chi connectivity index (χ3v) is 17.7. The normalized spacial score (nSPS) is 12.6. The van der Waals surface area contributed by atoms with E-state index in [0.717, 1.165) is 38.5 Å². The fraction of sp³-hybridized carbons (Fsp3) is 0.921. The maximum absolute atomic E-state index is 12.5. The zero-order valence-electron chi connectivity index (χ0n) is 55.8. The van der Waals surface area contributed by atoms with E-state index in [1.54, 1.807) is 6.08 Å². The zero-order chi connectivity index (χ0) is 59.2. The second-order valence-electron chi connectivity index (χ2n) is 26.0. The first-order valence-electron chi connectivity index (χ1n) is 37.6. The number of hydrogen-bond acceptors (Lipinski definition) is 5. The lowest BCUT2D eigenvalue weighted by Crippen LogP contribution is -2.45. The van der Waals surface area contributed by atoms with E-state index in [0.29, 0.717) is 19.4 Å². The first kappa shape index (κ1) is 80.3. The molecule has 0 radical (unpaired) electrons. The van der Waals surface area contributed by atoms with Crippen molar-refractivity contribution < 1.29 is 24.5 Å². The zero-order valence-corrected chi connectivity index (χ0v) is 55.8. The van der Waals surface area contributed by atoms with E-state index in [-0.39, 0.29) is 18.5 Å². The number of unbranched alkanes of at least 4 members (excludes halogenated alkanes) is 58. The van der Waals surface area contributed by atoms with Crippen molar-refractivity contribution in [1.29, 1.82) is 0 Å². The molecule has 3 N–H and O–H groups in total. The van der Waals surface area contributed by atoms with Crippen molar-refractivity contribution in [3.63, 3.8) is 0 Å². The second-order valence-corrected chi connectivity index (χ2v) is 26.0. The molecule has 2 unspecified atom stereocenters. The summed E-state index contributed by atoms with van der Waals surface area (Å²) in [4.78, 5) is 24.5. The third kappa shape index (κ3) is 67.5. The maximum Gasteiger partial charge on any atom is 0.305 e. The average Bonchev–Trinajstić information content (AvgIpc) is 3.48. The van der Waals surface area contributed by atoms with Gasteiger partial charge >= 0.3 is 5.97 Å². The highest BCUT2D eigenvalue weighted by Gasteiger charge is 2.18. The van der Waals surface area contributed by atoms with Crippen molar-refractivity contribution in [2.45, 2.75) is 437 Å². The fourth-order valence-electron chi connectivity index (χ4n) is 12.0. The van der Waals surface area contributed by atoms with Gasteiger partial charge in [0.1, 0.15) is 0 Å². The van der Waals surface area contributed by atoms with E-state index in [2.05, 4.69) is 31.3 Å². The number of carbonyl (C=O) groups excluding carboxylic acids is 2. The lowest BCUT2D eigenvalue weighted by molar-refractivity contribution is -0.143. The van der Waals surface area contributed by atoms with Gasteiger partial charge in [-0.25, -0.2) is 0 Å². The minimum Gasteiger partial charge on any atom is -0.466 e. The molecule has 486 valence electrons. The van der Waals surface area contributed by atoms with Gasteiger partial charge in [-0.2, -0.15) is 0 Å². The maximum atomic E-state index is 12.5. The molecule has 0 bridgehead atoms. The van der Waals surface area contributed by atoms with Crippen LogP contribution in [0.1, 0.15) is 425 Å². The summed E-state index contributed by atoms with van der Waals surface area (Å²) in [7, 11) is 0. The summed E-state index contributed by atoms with van der Waals surface area (Å²) < 4.78 is 5.49. The Morgan fingerprint density at radius 2 is 0.573 bits per heavy atom. The summed E-state index contributed by atoms with van der Waals surface area (Å²) >= 11 is 0. The first-order valence-corrected chi connectivity index (χ1v) is 37.6. The summed E-state index contributed by atoms with van der Waals surface area (Å²) in [5, 5.41) is 23.2. The Balaban J connectivity index is 3.32. The Hall–Kier alpha value is -1.66. The number of ether oxygens (including phenoxy) is 1. The number of rotatable bonds is 71. The Labute approximate surface area is 513 Å². The van der Waals surface area contributed by atoms with Crippen LogP contribution in [-0.4, -0.2) is 47.4 Å². The summed E-state index contributed by atoms with van der Waals surface area (Å²) in [5.41, 5.74) is 0. The molecule has 2 atom stereocenters. The lowest BCUT2D eigenvalue weighted by Gasteiger charge is -2.20. The van der Waals surface area contributed by atoms with Gasteiger partial charge in [-0.3, -0.25) is 9.59 Å². The molecule has 0 aliphatic rings. The van der Waals surface area contributed by atoms with Gasteiger partial charge in [0.15, 0.2) is 0 Å². The minimum absolute atomic E-state index is 0.0236. The molecule has 0 heterocycles. The molecule has 6 heteroatoms. The quantitative estimate of drug-likeness (QED) is 0.0320. The van der Waals surface area contributed by atoms with Gasteiger partial charge < -0.3 is 20.3 Å². The Kier molecular flexibility index (Phi) is 70.4. The van der Waals surface area contributed by atoms with Crippen molar-refractivity contribution in [3.8, 4) is 0 Å². The van der Waals surface area contributed by atoms with Crippen molar-refractivity contribution >= 4 is 11.9 Å². The van der Waals surface area contributed by atoms with Gasteiger partial charge in [0.05, 0.1) is 25.4 Å². The van der Waals surface area contributed by atoms with Crippen LogP contribution in [0.5, 0.6) is 0 Å². The van der Waals surface area contributed by atoms with Crippen LogP contribution in [-0.2, 0) is 14.3 Å². The number of nitrogens with one attached hydrogen (secondary N) is 1. The van der Waals surface area contributed by atoms with Crippen molar-refractivity contribution in [3.05, 3.63) is 24.3 Å². The summed E-state index contributed by atoms with van der Waals surface area (Å²) in [6.45, 7) is 4.94. The molecule has 82 heavy (non-hydrogen) atoms. The largest absolute Gasteiger partial charge is 0.466 e.